The second-order valence-electron chi connectivity index (χ2n) is 11.8. The van der Waals surface area contributed by atoms with Crippen LogP contribution in [0.5, 0.6) is 11.5 Å². The molecule has 0 heterocycles. The van der Waals surface area contributed by atoms with Gasteiger partial charge in [0, 0.05) is 16.2 Å². The zero-order valence-electron chi connectivity index (χ0n) is 22.0. The van der Waals surface area contributed by atoms with Crippen LogP contribution in [0.25, 0.3) is 10.8 Å². The molecule has 216 valence electrons. The maximum Gasteiger partial charge on any atom is 0.573 e. The molecule has 4 fully saturated rings. The summed E-state index contributed by atoms with van der Waals surface area (Å²) in [6.45, 7) is -0.139. The number of carbonyl (C=O) groups is 2. The van der Waals surface area contributed by atoms with E-state index in [0.717, 1.165) is 50.7 Å². The Morgan fingerprint density at radius 3 is 2.15 bits per heavy atom. The summed E-state index contributed by atoms with van der Waals surface area (Å²) in [5.74, 6) is -1.12. The first-order valence-corrected chi connectivity index (χ1v) is 13.7. The molecule has 1 unspecified atom stereocenters. The number of carboxylic acid groups (broad SMARTS) is 1. The number of ether oxygens (including phenoxy) is 2. The predicted octanol–water partition coefficient (Wildman–Crippen LogP) is 6.86. The molecule has 6 nitrogen and oxygen atoms in total. The molecule has 7 rings (SSSR count). The molecule has 41 heavy (non-hydrogen) atoms. The molecule has 0 saturated heterocycles. The smallest absolute Gasteiger partial charge is 0.487 e. The number of nitrogens with one attached hydrogen (secondary N) is 1. The van der Waals surface area contributed by atoms with E-state index in [1.807, 2.05) is 0 Å². The van der Waals surface area contributed by atoms with Gasteiger partial charge < -0.3 is 19.9 Å². The number of carbonyl (C=O) groups excluding carboxylic acids is 1. The molecule has 0 spiro atoms. The van der Waals surface area contributed by atoms with Gasteiger partial charge in [-0.3, -0.25) is 4.79 Å². The van der Waals surface area contributed by atoms with Crippen molar-refractivity contribution in [3.63, 3.8) is 0 Å². The van der Waals surface area contributed by atoms with Gasteiger partial charge in [0.1, 0.15) is 30.0 Å². The Hall–Kier alpha value is -3.82. The van der Waals surface area contributed by atoms with Gasteiger partial charge in [-0.1, -0.05) is 30.3 Å². The van der Waals surface area contributed by atoms with E-state index in [4.69, 9.17) is 4.74 Å². The van der Waals surface area contributed by atoms with Gasteiger partial charge in [-0.25, -0.2) is 9.18 Å². The lowest BCUT2D eigenvalue weighted by Crippen LogP contribution is -2.59. The molecule has 4 aliphatic carbocycles. The molecule has 2 N–H and O–H groups in total. The van der Waals surface area contributed by atoms with Gasteiger partial charge in [0.15, 0.2) is 0 Å². The fourth-order valence-electron chi connectivity index (χ4n) is 7.79. The molecular formula is C31H29F4NO5. The predicted molar refractivity (Wildman–Crippen MR) is 141 cm³/mol. The van der Waals surface area contributed by atoms with E-state index in [1.165, 1.54) is 36.4 Å². The number of hydrogen-bond donors (Lipinski definition) is 2. The van der Waals surface area contributed by atoms with E-state index in [-0.39, 0.29) is 23.3 Å². The summed E-state index contributed by atoms with van der Waals surface area (Å²) in [5.41, 5.74) is 0.0351. The monoisotopic (exact) mass is 571 g/mol. The van der Waals surface area contributed by atoms with Gasteiger partial charge in [-0.15, -0.1) is 13.2 Å². The van der Waals surface area contributed by atoms with Crippen LogP contribution < -0.4 is 14.8 Å². The third-order valence-corrected chi connectivity index (χ3v) is 8.96. The average molecular weight is 572 g/mol. The number of amides is 1. The summed E-state index contributed by atoms with van der Waals surface area (Å²) in [7, 11) is 0. The quantitative estimate of drug-likeness (QED) is 0.289. The number of aliphatic carboxylic acids is 1. The Balaban J connectivity index is 1.28. The standard InChI is InChI=1S/C31H29F4NO5/c32-25-3-1-2-23-22(25)8-9-24(26(23)40-16-17-4-6-21(7-5-17)41-31(33,34)35)28(37)36-27(29(38)39)30-13-18-10-19(14-30)12-20(11-18)15-30/h1-9,18-20,27H,10-16H2,(H,36,37)(H,38,39). The number of alkyl halides is 3. The second kappa shape index (κ2) is 10.2. The van der Waals surface area contributed by atoms with E-state index >= 15 is 0 Å². The lowest BCUT2D eigenvalue weighted by Gasteiger charge is -2.58. The van der Waals surface area contributed by atoms with Crippen LogP contribution in [-0.4, -0.2) is 29.4 Å². The molecule has 0 radical (unpaired) electrons. The Morgan fingerprint density at radius 2 is 1.56 bits per heavy atom. The Labute approximate surface area is 233 Å². The van der Waals surface area contributed by atoms with Crippen molar-refractivity contribution in [2.75, 3.05) is 0 Å². The van der Waals surface area contributed by atoms with Crippen LogP contribution in [0.15, 0.2) is 54.6 Å². The topological polar surface area (TPSA) is 84.9 Å². The normalized spacial score (nSPS) is 25.6. The molecular weight excluding hydrogens is 542 g/mol. The van der Waals surface area contributed by atoms with E-state index in [0.29, 0.717) is 28.7 Å². The largest absolute Gasteiger partial charge is 0.573 e. The number of hydrogen-bond acceptors (Lipinski definition) is 4. The summed E-state index contributed by atoms with van der Waals surface area (Å²) in [5, 5.41) is 13.6. The van der Waals surface area contributed by atoms with E-state index < -0.39 is 41.3 Å². The highest BCUT2D eigenvalue weighted by Gasteiger charge is 2.56. The zero-order valence-corrected chi connectivity index (χ0v) is 22.0. The van der Waals surface area contributed by atoms with Crippen LogP contribution in [0, 0.1) is 29.0 Å². The molecule has 0 aromatic heterocycles. The third-order valence-electron chi connectivity index (χ3n) is 8.96. The summed E-state index contributed by atoms with van der Waals surface area (Å²) in [6.07, 6.45) is 0.867. The Bertz CT molecular complexity index is 1450. The fourth-order valence-corrected chi connectivity index (χ4v) is 7.79. The number of halogens is 4. The minimum Gasteiger partial charge on any atom is -0.487 e. The minimum atomic E-state index is -4.82. The Morgan fingerprint density at radius 1 is 0.927 bits per heavy atom. The van der Waals surface area contributed by atoms with Gasteiger partial charge in [0.05, 0.1) is 5.56 Å². The first-order chi connectivity index (χ1) is 19.5. The highest BCUT2D eigenvalue weighted by Crippen LogP contribution is 2.61. The van der Waals surface area contributed by atoms with E-state index in [1.54, 1.807) is 6.07 Å². The molecule has 0 aliphatic heterocycles. The zero-order chi connectivity index (χ0) is 28.9. The maximum absolute atomic E-state index is 14.6. The molecule has 4 aliphatic rings. The van der Waals surface area contributed by atoms with Crippen LogP contribution in [0.3, 0.4) is 0 Å². The molecule has 4 bridgehead atoms. The van der Waals surface area contributed by atoms with Crippen LogP contribution in [-0.2, 0) is 11.4 Å². The molecule has 3 aromatic rings. The SMILES string of the molecule is O=C(NC(C(=O)O)C12CC3CC(CC(C3)C1)C2)c1ccc2c(F)cccc2c1OCc1ccc(OC(F)(F)F)cc1. The van der Waals surface area contributed by atoms with Crippen molar-refractivity contribution < 1.29 is 41.7 Å². The summed E-state index contributed by atoms with van der Waals surface area (Å²) >= 11 is 0. The number of carboxylic acids is 1. The van der Waals surface area contributed by atoms with E-state index in [9.17, 15) is 32.3 Å². The summed E-state index contributed by atoms with van der Waals surface area (Å²) in [6, 6.07) is 11.2. The summed E-state index contributed by atoms with van der Waals surface area (Å²) < 4.78 is 62.1. The van der Waals surface area contributed by atoms with Gasteiger partial charge in [0.2, 0.25) is 0 Å². The first kappa shape index (κ1) is 27.4. The van der Waals surface area contributed by atoms with Crippen LogP contribution in [0.2, 0.25) is 0 Å². The van der Waals surface area contributed by atoms with Crippen molar-refractivity contribution in [1.82, 2.24) is 5.32 Å². The molecule has 1 atom stereocenters. The van der Waals surface area contributed by atoms with Crippen LogP contribution in [0.4, 0.5) is 17.6 Å². The van der Waals surface area contributed by atoms with Crippen molar-refractivity contribution in [2.24, 2.45) is 23.2 Å². The van der Waals surface area contributed by atoms with Crippen molar-refractivity contribution in [3.8, 4) is 11.5 Å². The van der Waals surface area contributed by atoms with Gasteiger partial charge >= 0.3 is 12.3 Å². The third kappa shape index (κ3) is 5.44. The lowest BCUT2D eigenvalue weighted by molar-refractivity contribution is -0.274. The number of rotatable bonds is 8. The van der Waals surface area contributed by atoms with Crippen molar-refractivity contribution >= 4 is 22.6 Å². The van der Waals surface area contributed by atoms with Crippen molar-refractivity contribution in [3.05, 3.63) is 71.5 Å². The fraction of sp³-hybridized carbons (Fsp3) is 0.419. The van der Waals surface area contributed by atoms with Gasteiger partial charge in [-0.05, 0) is 86.1 Å². The average Bonchev–Trinajstić information content (AvgIpc) is 2.89. The highest BCUT2D eigenvalue weighted by atomic mass is 19.4. The lowest BCUT2D eigenvalue weighted by atomic mass is 9.47. The van der Waals surface area contributed by atoms with Gasteiger partial charge in [0.25, 0.3) is 5.91 Å². The molecule has 4 saturated carbocycles. The van der Waals surface area contributed by atoms with Gasteiger partial charge in [-0.2, -0.15) is 0 Å². The number of fused-ring (bicyclic) bond motifs is 1. The minimum absolute atomic E-state index is 0.0519. The summed E-state index contributed by atoms with van der Waals surface area (Å²) in [4.78, 5) is 26.3. The molecule has 10 heteroatoms. The van der Waals surface area contributed by atoms with Crippen LogP contribution >= 0.6 is 0 Å². The first-order valence-electron chi connectivity index (χ1n) is 13.7. The van der Waals surface area contributed by atoms with Crippen LogP contribution in [0.1, 0.15) is 54.4 Å². The molecule has 3 aromatic carbocycles. The van der Waals surface area contributed by atoms with Crippen molar-refractivity contribution in [2.45, 2.75) is 57.5 Å². The number of benzene rings is 3. The highest BCUT2D eigenvalue weighted by molar-refractivity contribution is 6.05. The second-order valence-corrected chi connectivity index (χ2v) is 11.8. The molecule has 1 amide bonds. The van der Waals surface area contributed by atoms with E-state index in [2.05, 4.69) is 10.1 Å². The van der Waals surface area contributed by atoms with Crippen molar-refractivity contribution in [1.29, 1.82) is 0 Å². The Kier molecular flexibility index (Phi) is 6.82. The maximum atomic E-state index is 14.6.